The average Bonchev–Trinajstić information content (AvgIpc) is 2.10. The van der Waals surface area contributed by atoms with Gasteiger partial charge in [-0.1, -0.05) is 6.08 Å². The molecule has 0 amide bonds. The second-order valence-corrected chi connectivity index (χ2v) is 3.45. The van der Waals surface area contributed by atoms with E-state index in [0.717, 1.165) is 38.7 Å². The number of hydrogen-bond donors (Lipinski definition) is 0. The van der Waals surface area contributed by atoms with E-state index in [0.29, 0.717) is 9.76 Å². The third-order valence-electron chi connectivity index (χ3n) is 1.29. The third kappa shape index (κ3) is 9.88. The molecule has 0 aliphatic rings. The van der Waals surface area contributed by atoms with E-state index in [1.807, 2.05) is 13.0 Å². The van der Waals surface area contributed by atoms with Crippen LogP contribution in [0.2, 0.25) is 6.04 Å². The molecule has 0 bridgehead atoms. The van der Waals surface area contributed by atoms with Gasteiger partial charge in [0.25, 0.3) is 0 Å². The second-order valence-electron chi connectivity index (χ2n) is 2.37. The highest BCUT2D eigenvalue weighted by Gasteiger charge is 1.90. The highest BCUT2D eigenvalue weighted by Crippen LogP contribution is 1.91. The molecule has 0 N–H and O–H groups in total. The van der Waals surface area contributed by atoms with Crippen LogP contribution in [0.1, 0.15) is 19.8 Å². The molecule has 0 saturated carbocycles. The lowest BCUT2D eigenvalue weighted by Crippen LogP contribution is -2.03. The average molecular weight is 186 g/mol. The van der Waals surface area contributed by atoms with Crippen molar-refractivity contribution < 1.29 is 9.16 Å². The molecular formula is C9H18O2Si. The summed E-state index contributed by atoms with van der Waals surface area (Å²) in [4.78, 5) is 0. The van der Waals surface area contributed by atoms with Gasteiger partial charge in [-0.25, -0.2) is 0 Å². The van der Waals surface area contributed by atoms with Crippen LogP contribution >= 0.6 is 0 Å². The monoisotopic (exact) mass is 186 g/mol. The largest absolute Gasteiger partial charge is 0.417 e. The smallest absolute Gasteiger partial charge is 0.229 e. The van der Waals surface area contributed by atoms with Gasteiger partial charge in [-0.2, -0.15) is 0 Å². The Morgan fingerprint density at radius 3 is 2.92 bits per heavy atom. The van der Waals surface area contributed by atoms with Gasteiger partial charge in [0.1, 0.15) is 0 Å². The Morgan fingerprint density at radius 1 is 1.42 bits per heavy atom. The Hall–Kier alpha value is -0.123. The van der Waals surface area contributed by atoms with E-state index in [1.54, 1.807) is 0 Å². The Morgan fingerprint density at radius 2 is 2.25 bits per heavy atom. The first-order valence-electron chi connectivity index (χ1n) is 4.45. The number of allylic oxidation sites excluding steroid dienone is 1. The molecule has 0 heterocycles. The van der Waals surface area contributed by atoms with E-state index >= 15 is 0 Å². The number of rotatable bonds is 9. The first kappa shape index (κ1) is 11.9. The molecule has 0 rings (SSSR count). The van der Waals surface area contributed by atoms with Crippen molar-refractivity contribution in [3.8, 4) is 0 Å². The minimum atomic E-state index is 0.624. The molecule has 2 nitrogen and oxygen atoms in total. The zero-order chi connectivity index (χ0) is 9.07. The molecule has 0 atom stereocenters. The van der Waals surface area contributed by atoms with Gasteiger partial charge < -0.3 is 9.16 Å². The van der Waals surface area contributed by atoms with Crippen molar-refractivity contribution in [1.82, 2.24) is 0 Å². The van der Waals surface area contributed by atoms with E-state index in [-0.39, 0.29) is 0 Å². The lowest BCUT2D eigenvalue weighted by atomic mass is 10.5. The fourth-order valence-electron chi connectivity index (χ4n) is 0.683. The molecule has 0 aliphatic carbocycles. The Kier molecular flexibility index (Phi) is 10.8. The summed E-state index contributed by atoms with van der Waals surface area (Å²) in [5, 5.41) is 0. The van der Waals surface area contributed by atoms with Crippen molar-refractivity contribution in [2.75, 3.05) is 19.8 Å². The quantitative estimate of drug-likeness (QED) is 0.312. The van der Waals surface area contributed by atoms with Gasteiger partial charge in [0.15, 0.2) is 0 Å². The Labute approximate surface area is 77.9 Å². The van der Waals surface area contributed by atoms with Crippen LogP contribution in [-0.4, -0.2) is 29.6 Å². The van der Waals surface area contributed by atoms with Crippen molar-refractivity contribution in [1.29, 1.82) is 0 Å². The highest BCUT2D eigenvalue weighted by atomic mass is 28.2. The van der Waals surface area contributed by atoms with E-state index in [9.17, 15) is 0 Å². The fourth-order valence-corrected chi connectivity index (χ4v) is 1.44. The number of hydrogen-bond acceptors (Lipinski definition) is 2. The van der Waals surface area contributed by atoms with Gasteiger partial charge in [-0.05, 0) is 25.8 Å². The molecule has 0 aliphatic heterocycles. The minimum absolute atomic E-state index is 0.624. The number of ether oxygens (including phenoxy) is 1. The molecule has 0 aromatic heterocycles. The normalized spacial score (nSPS) is 10.1. The lowest BCUT2D eigenvalue weighted by molar-refractivity contribution is 0.131. The van der Waals surface area contributed by atoms with Crippen LogP contribution in [0.5, 0.6) is 0 Å². The van der Waals surface area contributed by atoms with Crippen LogP contribution in [0.4, 0.5) is 0 Å². The van der Waals surface area contributed by atoms with Gasteiger partial charge in [-0.3, -0.25) is 0 Å². The van der Waals surface area contributed by atoms with Crippen molar-refractivity contribution in [3.63, 3.8) is 0 Å². The first-order valence-corrected chi connectivity index (χ1v) is 5.56. The standard InChI is InChI=1S/C9H18O2Si/c1-3-5-9-12-11-8-6-7-10-4-2/h3H,1,4-9H2,2H3. The fraction of sp³-hybridized carbons (Fsp3) is 0.778. The molecule has 0 fully saturated rings. The topological polar surface area (TPSA) is 18.5 Å². The summed E-state index contributed by atoms with van der Waals surface area (Å²) < 4.78 is 10.6. The van der Waals surface area contributed by atoms with Crippen LogP contribution < -0.4 is 0 Å². The molecular weight excluding hydrogens is 168 g/mol. The van der Waals surface area contributed by atoms with E-state index in [1.165, 1.54) is 0 Å². The zero-order valence-electron chi connectivity index (χ0n) is 7.84. The molecule has 0 saturated heterocycles. The minimum Gasteiger partial charge on any atom is -0.417 e. The molecule has 0 aromatic carbocycles. The molecule has 0 aromatic rings. The Bertz CT molecular complexity index is 96.5. The van der Waals surface area contributed by atoms with E-state index < -0.39 is 0 Å². The summed E-state index contributed by atoms with van der Waals surface area (Å²) >= 11 is 0. The zero-order valence-corrected chi connectivity index (χ0v) is 8.84. The first-order chi connectivity index (χ1) is 5.91. The summed E-state index contributed by atoms with van der Waals surface area (Å²) in [6, 6.07) is 1.11. The van der Waals surface area contributed by atoms with Crippen molar-refractivity contribution in [2.45, 2.75) is 25.8 Å². The second kappa shape index (κ2) is 10.9. The predicted molar refractivity (Wildman–Crippen MR) is 52.4 cm³/mol. The third-order valence-corrected chi connectivity index (χ3v) is 2.19. The molecule has 0 unspecified atom stereocenters. The maximum absolute atomic E-state index is 5.38. The van der Waals surface area contributed by atoms with Gasteiger partial charge >= 0.3 is 0 Å². The summed E-state index contributed by atoms with van der Waals surface area (Å²) in [6.07, 6.45) is 4.00. The van der Waals surface area contributed by atoms with Gasteiger partial charge in [-0.15, -0.1) is 6.58 Å². The SMILES string of the molecule is C=CCC[Si]OCCCOCC. The van der Waals surface area contributed by atoms with Crippen LogP contribution in [0, 0.1) is 0 Å². The van der Waals surface area contributed by atoms with Crippen molar-refractivity contribution in [3.05, 3.63) is 12.7 Å². The van der Waals surface area contributed by atoms with Gasteiger partial charge in [0.05, 0.1) is 0 Å². The molecule has 2 radical (unpaired) electrons. The van der Waals surface area contributed by atoms with Crippen LogP contribution in [0.15, 0.2) is 12.7 Å². The predicted octanol–water partition coefficient (Wildman–Crippen LogP) is 2.04. The highest BCUT2D eigenvalue weighted by molar-refractivity contribution is 6.27. The molecule has 12 heavy (non-hydrogen) atoms. The van der Waals surface area contributed by atoms with E-state index in [2.05, 4.69) is 6.58 Å². The van der Waals surface area contributed by atoms with Crippen LogP contribution in [0.25, 0.3) is 0 Å². The lowest BCUT2D eigenvalue weighted by Gasteiger charge is -2.01. The molecule has 70 valence electrons. The summed E-state index contributed by atoms with van der Waals surface area (Å²) in [5.74, 6) is 0. The van der Waals surface area contributed by atoms with Gasteiger partial charge in [0.2, 0.25) is 9.76 Å². The molecule has 0 spiro atoms. The van der Waals surface area contributed by atoms with Crippen molar-refractivity contribution in [2.24, 2.45) is 0 Å². The Balaban J connectivity index is 2.77. The maximum Gasteiger partial charge on any atom is 0.229 e. The van der Waals surface area contributed by atoms with Crippen LogP contribution in [-0.2, 0) is 9.16 Å². The maximum atomic E-state index is 5.38. The summed E-state index contributed by atoms with van der Waals surface area (Å²) in [5.41, 5.74) is 0. The summed E-state index contributed by atoms with van der Waals surface area (Å²) in [6.45, 7) is 8.11. The molecule has 3 heteroatoms. The van der Waals surface area contributed by atoms with Crippen molar-refractivity contribution >= 4 is 9.76 Å². The summed E-state index contributed by atoms with van der Waals surface area (Å²) in [7, 11) is 0.624. The van der Waals surface area contributed by atoms with Gasteiger partial charge in [0, 0.05) is 19.8 Å². The van der Waals surface area contributed by atoms with E-state index in [4.69, 9.17) is 9.16 Å². The van der Waals surface area contributed by atoms with Crippen LogP contribution in [0.3, 0.4) is 0 Å².